The van der Waals surface area contributed by atoms with Crippen molar-refractivity contribution in [3.8, 4) is 0 Å². The molecule has 35 heavy (non-hydrogen) atoms. The average Bonchev–Trinajstić information content (AvgIpc) is 2.88. The van der Waals surface area contributed by atoms with Gasteiger partial charge in [0.15, 0.2) is 0 Å². The number of hydrogen-bond acceptors (Lipinski definition) is 6. The van der Waals surface area contributed by atoms with Crippen LogP contribution in [0.4, 0.5) is 5.69 Å². The predicted octanol–water partition coefficient (Wildman–Crippen LogP) is 3.65. The second kappa shape index (κ2) is 10.9. The number of rotatable bonds is 6. The average molecular weight is 474 g/mol. The third kappa shape index (κ3) is 5.92. The largest absolute Gasteiger partial charge is 0.465 e. The van der Waals surface area contributed by atoms with E-state index < -0.39 is 11.9 Å². The number of esters is 1. The molecule has 0 atom stereocenters. The van der Waals surface area contributed by atoms with Gasteiger partial charge in [0, 0.05) is 24.7 Å². The molecule has 2 N–H and O–H groups in total. The van der Waals surface area contributed by atoms with Crippen molar-refractivity contribution >= 4 is 39.8 Å². The van der Waals surface area contributed by atoms with Gasteiger partial charge in [-0.3, -0.25) is 15.0 Å². The van der Waals surface area contributed by atoms with Gasteiger partial charge in [-0.15, -0.1) is 0 Å². The molecule has 8 nitrogen and oxygen atoms in total. The fraction of sp³-hybridized carbons (Fsp3) is 0.222. The van der Waals surface area contributed by atoms with Crippen molar-refractivity contribution in [1.82, 2.24) is 10.4 Å². The van der Waals surface area contributed by atoms with Crippen molar-refractivity contribution in [2.45, 2.75) is 6.92 Å². The number of nitrogens with zero attached hydrogens (tertiary/aromatic N) is 1. The fourth-order valence-electron chi connectivity index (χ4n) is 3.84. The Morgan fingerprint density at radius 1 is 0.943 bits per heavy atom. The Labute approximate surface area is 203 Å². The van der Waals surface area contributed by atoms with Crippen LogP contribution in [0.1, 0.15) is 33.2 Å². The highest BCUT2D eigenvalue weighted by Gasteiger charge is 2.19. The number of anilines is 1. The van der Waals surface area contributed by atoms with E-state index in [1.807, 2.05) is 49.4 Å². The highest BCUT2D eigenvalue weighted by Crippen LogP contribution is 2.23. The molecule has 1 aliphatic heterocycles. The monoisotopic (exact) mass is 473 g/mol. The van der Waals surface area contributed by atoms with Crippen molar-refractivity contribution in [3.05, 3.63) is 83.4 Å². The van der Waals surface area contributed by atoms with E-state index >= 15 is 0 Å². The molecule has 1 aliphatic rings. The first kappa shape index (κ1) is 24.1. The molecule has 0 unspecified atom stereocenters. The van der Waals surface area contributed by atoms with E-state index in [4.69, 9.17) is 9.47 Å². The standard InChI is InChI=1S/C27H27N3O5/c1-18(20-8-7-19-5-3-4-6-21(19)16-20)15-25(31)28-24-17-22(9-10-23(24)27(33)34-2)26(32)29-30-11-13-35-14-12-30/h3-10,15-17H,11-14H2,1-2H3,(H,28,31)(H,29,32). The molecule has 3 aromatic rings. The first-order chi connectivity index (χ1) is 16.9. The number of fused-ring (bicyclic) bond motifs is 1. The maximum absolute atomic E-state index is 12.9. The maximum atomic E-state index is 12.9. The number of methoxy groups -OCH3 is 1. The molecular weight excluding hydrogens is 446 g/mol. The minimum atomic E-state index is -0.615. The summed E-state index contributed by atoms with van der Waals surface area (Å²) in [5.41, 5.74) is 5.13. The Bertz CT molecular complexity index is 1290. The lowest BCUT2D eigenvalue weighted by atomic mass is 10.0. The minimum Gasteiger partial charge on any atom is -0.465 e. The van der Waals surface area contributed by atoms with Gasteiger partial charge in [0.05, 0.1) is 31.6 Å². The molecule has 0 aromatic heterocycles. The first-order valence-electron chi connectivity index (χ1n) is 11.3. The zero-order chi connectivity index (χ0) is 24.8. The van der Waals surface area contributed by atoms with E-state index in [-0.39, 0.29) is 17.2 Å². The number of hydrogen-bond donors (Lipinski definition) is 2. The number of benzene rings is 3. The van der Waals surface area contributed by atoms with Gasteiger partial charge < -0.3 is 14.8 Å². The van der Waals surface area contributed by atoms with Crippen LogP contribution in [0.3, 0.4) is 0 Å². The molecule has 1 fully saturated rings. The third-order valence-corrected chi connectivity index (χ3v) is 5.77. The summed E-state index contributed by atoms with van der Waals surface area (Å²) in [6.07, 6.45) is 1.46. The van der Waals surface area contributed by atoms with Crippen molar-refractivity contribution in [2.75, 3.05) is 38.7 Å². The molecule has 0 radical (unpaired) electrons. The first-order valence-corrected chi connectivity index (χ1v) is 11.3. The highest BCUT2D eigenvalue weighted by atomic mass is 16.5. The summed E-state index contributed by atoms with van der Waals surface area (Å²) in [5.74, 6) is -1.39. The molecule has 4 rings (SSSR count). The lowest BCUT2D eigenvalue weighted by Gasteiger charge is -2.27. The molecule has 8 heteroatoms. The van der Waals surface area contributed by atoms with Gasteiger partial charge >= 0.3 is 5.97 Å². The third-order valence-electron chi connectivity index (χ3n) is 5.77. The molecule has 0 spiro atoms. The summed E-state index contributed by atoms with van der Waals surface area (Å²) in [5, 5.41) is 6.69. The van der Waals surface area contributed by atoms with Gasteiger partial charge in [-0.1, -0.05) is 36.4 Å². The smallest absolute Gasteiger partial charge is 0.339 e. The van der Waals surface area contributed by atoms with Crippen molar-refractivity contribution in [3.63, 3.8) is 0 Å². The predicted molar refractivity (Wildman–Crippen MR) is 134 cm³/mol. The Balaban J connectivity index is 1.55. The van der Waals surface area contributed by atoms with E-state index in [1.54, 1.807) is 5.01 Å². The van der Waals surface area contributed by atoms with Crippen LogP contribution < -0.4 is 10.7 Å². The molecule has 2 amide bonds. The lowest BCUT2D eigenvalue weighted by Crippen LogP contribution is -2.48. The van der Waals surface area contributed by atoms with Crippen LogP contribution in [-0.2, 0) is 14.3 Å². The molecule has 0 saturated carbocycles. The summed E-state index contributed by atoms with van der Waals surface area (Å²) in [6, 6.07) is 18.4. The summed E-state index contributed by atoms with van der Waals surface area (Å²) in [4.78, 5) is 37.9. The summed E-state index contributed by atoms with van der Waals surface area (Å²) >= 11 is 0. The number of amides is 2. The topological polar surface area (TPSA) is 97.0 Å². The van der Waals surface area contributed by atoms with Crippen molar-refractivity contribution in [1.29, 1.82) is 0 Å². The highest BCUT2D eigenvalue weighted by molar-refractivity contribution is 6.09. The van der Waals surface area contributed by atoms with Crippen LogP contribution in [0.15, 0.2) is 66.7 Å². The van der Waals surface area contributed by atoms with Gasteiger partial charge in [-0.25, -0.2) is 9.80 Å². The Morgan fingerprint density at radius 3 is 2.40 bits per heavy atom. The van der Waals surface area contributed by atoms with Crippen LogP contribution in [0.25, 0.3) is 16.3 Å². The number of carbonyl (C=O) groups is 3. The summed E-state index contributed by atoms with van der Waals surface area (Å²) in [6.45, 7) is 4.07. The van der Waals surface area contributed by atoms with Crippen LogP contribution >= 0.6 is 0 Å². The minimum absolute atomic E-state index is 0.153. The Morgan fingerprint density at radius 2 is 1.66 bits per heavy atom. The molecule has 0 bridgehead atoms. The van der Waals surface area contributed by atoms with Gasteiger partial charge in [0.2, 0.25) is 5.91 Å². The molecule has 0 aliphatic carbocycles. The normalized spacial score (nSPS) is 14.4. The van der Waals surface area contributed by atoms with Crippen LogP contribution in [0.2, 0.25) is 0 Å². The van der Waals surface area contributed by atoms with Crippen LogP contribution in [-0.4, -0.2) is 56.2 Å². The lowest BCUT2D eigenvalue weighted by molar-refractivity contribution is -0.111. The summed E-state index contributed by atoms with van der Waals surface area (Å²) in [7, 11) is 1.26. The quantitative estimate of drug-likeness (QED) is 0.419. The van der Waals surface area contributed by atoms with E-state index in [2.05, 4.69) is 10.7 Å². The molecule has 1 saturated heterocycles. The Kier molecular flexibility index (Phi) is 7.54. The van der Waals surface area contributed by atoms with E-state index in [0.29, 0.717) is 31.9 Å². The zero-order valence-electron chi connectivity index (χ0n) is 19.7. The SMILES string of the molecule is COC(=O)c1ccc(C(=O)NN2CCOCC2)cc1NC(=O)C=C(C)c1ccc2ccccc2c1. The number of allylic oxidation sites excluding steroid dienone is 1. The van der Waals surface area contributed by atoms with Crippen LogP contribution in [0.5, 0.6) is 0 Å². The van der Waals surface area contributed by atoms with Crippen LogP contribution in [0, 0.1) is 0 Å². The summed E-state index contributed by atoms with van der Waals surface area (Å²) < 4.78 is 10.1. The molecular formula is C27H27N3O5. The number of nitrogens with one attached hydrogen (secondary N) is 2. The van der Waals surface area contributed by atoms with Gasteiger partial charge in [0.1, 0.15) is 0 Å². The number of hydrazine groups is 1. The molecule has 180 valence electrons. The number of carbonyl (C=O) groups excluding carboxylic acids is 3. The van der Waals surface area contributed by atoms with Gasteiger partial charge in [-0.2, -0.15) is 0 Å². The number of ether oxygens (including phenoxy) is 2. The molecule has 1 heterocycles. The maximum Gasteiger partial charge on any atom is 0.339 e. The van der Waals surface area contributed by atoms with Gasteiger partial charge in [0.25, 0.3) is 5.91 Å². The fourth-order valence-corrected chi connectivity index (χ4v) is 3.84. The van der Waals surface area contributed by atoms with Gasteiger partial charge in [-0.05, 0) is 53.1 Å². The van der Waals surface area contributed by atoms with Crippen molar-refractivity contribution in [2.24, 2.45) is 0 Å². The number of morpholine rings is 1. The second-order valence-corrected chi connectivity index (χ2v) is 8.17. The molecule has 3 aromatic carbocycles. The van der Waals surface area contributed by atoms with E-state index in [9.17, 15) is 14.4 Å². The Hall–Kier alpha value is -4.01. The second-order valence-electron chi connectivity index (χ2n) is 8.17. The van der Waals surface area contributed by atoms with E-state index in [1.165, 1.54) is 31.4 Å². The van der Waals surface area contributed by atoms with Crippen molar-refractivity contribution < 1.29 is 23.9 Å². The van der Waals surface area contributed by atoms with E-state index in [0.717, 1.165) is 21.9 Å². The zero-order valence-corrected chi connectivity index (χ0v) is 19.7.